The number of nitrogens with zero attached hydrogens (tertiary/aromatic N) is 1. The van der Waals surface area contributed by atoms with Gasteiger partial charge in [-0.2, -0.15) is 0 Å². The van der Waals surface area contributed by atoms with Gasteiger partial charge in [-0.1, -0.05) is 0 Å². The van der Waals surface area contributed by atoms with Gasteiger partial charge in [0.25, 0.3) is 5.91 Å². The van der Waals surface area contributed by atoms with Gasteiger partial charge in [0.05, 0.1) is 4.47 Å². The Hall–Kier alpha value is -1.32. The molecule has 1 aromatic rings. The summed E-state index contributed by atoms with van der Waals surface area (Å²) >= 11 is 2.92. The monoisotopic (exact) mass is 243 g/mol. The number of isocyanates is 1. The van der Waals surface area contributed by atoms with Crippen molar-refractivity contribution in [3.63, 3.8) is 0 Å². The molecule has 0 aromatic heterocycles. The second-order valence-corrected chi connectivity index (χ2v) is 2.99. The Bertz CT molecular complexity index is 399. The van der Waals surface area contributed by atoms with E-state index in [1.165, 1.54) is 12.1 Å². The molecule has 0 aliphatic heterocycles. The highest BCUT2D eigenvalue weighted by Gasteiger charge is 2.06. The van der Waals surface area contributed by atoms with E-state index in [0.717, 1.165) is 12.1 Å². The molecule has 0 unspecified atom stereocenters. The number of benzene rings is 1. The summed E-state index contributed by atoms with van der Waals surface area (Å²) in [6, 6.07) is 3.71. The summed E-state index contributed by atoms with van der Waals surface area (Å²) in [4.78, 5) is 23.5. The van der Waals surface area contributed by atoms with E-state index in [4.69, 9.17) is 0 Å². The Labute approximate surface area is 81.4 Å². The number of hydrogen-bond donors (Lipinski definition) is 0. The molecule has 5 heteroatoms. The fraction of sp³-hybridized carbons (Fsp3) is 0. The fourth-order valence-corrected chi connectivity index (χ4v) is 0.982. The molecule has 13 heavy (non-hydrogen) atoms. The van der Waals surface area contributed by atoms with E-state index < -0.39 is 11.7 Å². The van der Waals surface area contributed by atoms with E-state index >= 15 is 0 Å². The predicted molar refractivity (Wildman–Crippen MR) is 46.6 cm³/mol. The molecule has 0 aliphatic rings. The van der Waals surface area contributed by atoms with E-state index in [2.05, 4.69) is 20.9 Å². The van der Waals surface area contributed by atoms with Crippen molar-refractivity contribution >= 4 is 27.9 Å². The highest BCUT2D eigenvalue weighted by molar-refractivity contribution is 9.10. The number of amides is 1. The van der Waals surface area contributed by atoms with Crippen molar-refractivity contribution in [2.45, 2.75) is 0 Å². The average Bonchev–Trinajstić information content (AvgIpc) is 2.10. The molecule has 1 rings (SSSR count). The summed E-state index contributed by atoms with van der Waals surface area (Å²) in [5, 5.41) is 0. The first-order valence-corrected chi connectivity index (χ1v) is 4.01. The molecule has 1 aromatic carbocycles. The molecular weight excluding hydrogens is 241 g/mol. The lowest BCUT2D eigenvalue weighted by atomic mass is 10.2. The SMILES string of the molecule is O=C=NC(=O)c1ccc(Br)c(F)c1. The van der Waals surface area contributed by atoms with Crippen LogP contribution in [0.3, 0.4) is 0 Å². The smallest absolute Gasteiger partial charge is 0.266 e. The van der Waals surface area contributed by atoms with Gasteiger partial charge in [0.1, 0.15) is 5.82 Å². The lowest BCUT2D eigenvalue weighted by Crippen LogP contribution is -1.95. The summed E-state index contributed by atoms with van der Waals surface area (Å²) in [5.41, 5.74) is 0.0176. The minimum absolute atomic E-state index is 0.0176. The maximum absolute atomic E-state index is 12.8. The zero-order valence-corrected chi connectivity index (χ0v) is 7.84. The van der Waals surface area contributed by atoms with Crippen LogP contribution in [0, 0.1) is 5.82 Å². The van der Waals surface area contributed by atoms with Crippen LogP contribution in [-0.2, 0) is 4.79 Å². The van der Waals surface area contributed by atoms with Crippen LogP contribution in [0.1, 0.15) is 10.4 Å². The molecule has 1 amide bonds. The van der Waals surface area contributed by atoms with Gasteiger partial charge in [0, 0.05) is 5.56 Å². The molecule has 0 spiro atoms. The van der Waals surface area contributed by atoms with Gasteiger partial charge in [0.15, 0.2) is 0 Å². The van der Waals surface area contributed by atoms with Gasteiger partial charge in [-0.3, -0.25) is 4.79 Å². The Morgan fingerprint density at radius 2 is 2.23 bits per heavy atom. The third-order valence-electron chi connectivity index (χ3n) is 1.31. The minimum atomic E-state index is -0.804. The largest absolute Gasteiger partial charge is 0.287 e. The van der Waals surface area contributed by atoms with Gasteiger partial charge in [-0.15, -0.1) is 4.99 Å². The molecule has 0 heterocycles. The molecule has 0 fully saturated rings. The van der Waals surface area contributed by atoms with E-state index in [9.17, 15) is 14.0 Å². The molecule has 0 N–H and O–H groups in total. The first-order valence-electron chi connectivity index (χ1n) is 3.22. The molecule has 0 saturated heterocycles. The van der Waals surface area contributed by atoms with Crippen LogP contribution >= 0.6 is 15.9 Å². The molecule has 66 valence electrons. The molecule has 0 saturated carbocycles. The second-order valence-electron chi connectivity index (χ2n) is 2.14. The third-order valence-corrected chi connectivity index (χ3v) is 1.96. The van der Waals surface area contributed by atoms with Crippen molar-refractivity contribution in [1.82, 2.24) is 0 Å². The highest BCUT2D eigenvalue weighted by atomic mass is 79.9. The van der Waals surface area contributed by atoms with Crippen LogP contribution in [0.5, 0.6) is 0 Å². The number of hydrogen-bond acceptors (Lipinski definition) is 2. The van der Waals surface area contributed by atoms with Gasteiger partial charge >= 0.3 is 0 Å². The van der Waals surface area contributed by atoms with Crippen LogP contribution in [0.25, 0.3) is 0 Å². The van der Waals surface area contributed by atoms with Crippen LogP contribution < -0.4 is 0 Å². The molecule has 0 aliphatic carbocycles. The van der Waals surface area contributed by atoms with Crippen LogP contribution in [-0.4, -0.2) is 12.0 Å². The number of carbonyl (C=O) groups is 1. The predicted octanol–water partition coefficient (Wildman–Crippen LogP) is 2.06. The van der Waals surface area contributed by atoms with Crippen LogP contribution in [0.15, 0.2) is 27.7 Å². The van der Waals surface area contributed by atoms with Gasteiger partial charge in [0.2, 0.25) is 6.08 Å². The number of rotatable bonds is 1. The highest BCUT2D eigenvalue weighted by Crippen LogP contribution is 2.16. The number of aliphatic imine (C=N–C) groups is 1. The van der Waals surface area contributed by atoms with E-state index in [0.29, 0.717) is 0 Å². The zero-order chi connectivity index (χ0) is 9.84. The Morgan fingerprint density at radius 1 is 1.54 bits per heavy atom. The lowest BCUT2D eigenvalue weighted by molar-refractivity contribution is 0.100. The van der Waals surface area contributed by atoms with Gasteiger partial charge in [-0.25, -0.2) is 9.18 Å². The summed E-state index contributed by atoms with van der Waals surface area (Å²) < 4.78 is 13.1. The summed E-state index contributed by atoms with van der Waals surface area (Å²) in [5.74, 6) is -1.38. The summed E-state index contributed by atoms with van der Waals surface area (Å²) in [6.45, 7) is 0. The van der Waals surface area contributed by atoms with Crippen molar-refractivity contribution in [3.05, 3.63) is 34.1 Å². The normalized spacial score (nSPS) is 9.08. The Kier molecular flexibility index (Phi) is 3.06. The zero-order valence-electron chi connectivity index (χ0n) is 6.25. The Morgan fingerprint density at radius 3 is 2.77 bits per heavy atom. The van der Waals surface area contributed by atoms with E-state index in [-0.39, 0.29) is 10.0 Å². The molecule has 0 bridgehead atoms. The van der Waals surface area contributed by atoms with Crippen LogP contribution in [0.2, 0.25) is 0 Å². The van der Waals surface area contributed by atoms with Crippen molar-refractivity contribution < 1.29 is 14.0 Å². The Balaban J connectivity index is 3.10. The maximum Gasteiger partial charge on any atom is 0.287 e. The van der Waals surface area contributed by atoms with Crippen molar-refractivity contribution in [2.24, 2.45) is 4.99 Å². The topological polar surface area (TPSA) is 46.5 Å². The van der Waals surface area contributed by atoms with Gasteiger partial charge in [-0.05, 0) is 34.1 Å². The van der Waals surface area contributed by atoms with Crippen molar-refractivity contribution in [1.29, 1.82) is 0 Å². The molecule has 3 nitrogen and oxygen atoms in total. The molecule has 0 atom stereocenters. The van der Waals surface area contributed by atoms with E-state index in [1.807, 2.05) is 0 Å². The average molecular weight is 244 g/mol. The fourth-order valence-electron chi connectivity index (χ4n) is 0.735. The number of carbonyl (C=O) groups excluding carboxylic acids is 2. The summed E-state index contributed by atoms with van der Waals surface area (Å²) in [7, 11) is 0. The maximum atomic E-state index is 12.8. The van der Waals surface area contributed by atoms with Crippen molar-refractivity contribution in [3.8, 4) is 0 Å². The standard InChI is InChI=1S/C8H3BrFNO2/c9-6-2-1-5(3-7(6)10)8(13)11-4-12/h1-3H. The lowest BCUT2D eigenvalue weighted by Gasteiger charge is -1.95. The first-order chi connectivity index (χ1) is 6.15. The van der Waals surface area contributed by atoms with Crippen LogP contribution in [0.4, 0.5) is 4.39 Å². The minimum Gasteiger partial charge on any atom is -0.266 e. The first kappa shape index (κ1) is 9.77. The summed E-state index contributed by atoms with van der Waals surface area (Å²) in [6.07, 6.45) is 1.09. The second kappa shape index (κ2) is 4.07. The molecular formula is C8H3BrFNO2. The van der Waals surface area contributed by atoms with Gasteiger partial charge < -0.3 is 0 Å². The quantitative estimate of drug-likeness (QED) is 0.560. The third kappa shape index (κ3) is 2.31. The van der Waals surface area contributed by atoms with E-state index in [1.54, 1.807) is 0 Å². The molecule has 0 radical (unpaired) electrons. The van der Waals surface area contributed by atoms with Crippen molar-refractivity contribution in [2.75, 3.05) is 0 Å². The number of halogens is 2.